The zero-order valence-corrected chi connectivity index (χ0v) is 9.89. The number of aryl methyl sites for hydroxylation is 1. The van der Waals surface area contributed by atoms with Crippen LogP contribution < -0.4 is 0 Å². The van der Waals surface area contributed by atoms with Gasteiger partial charge in [-0.15, -0.1) is 11.8 Å². The average molecular weight is 212 g/mol. The first-order chi connectivity index (χ1) is 6.40. The van der Waals surface area contributed by atoms with Crippen molar-refractivity contribution in [2.75, 3.05) is 5.75 Å². The van der Waals surface area contributed by atoms with Gasteiger partial charge >= 0.3 is 0 Å². The number of carbonyl (C=O) groups is 1. The van der Waals surface area contributed by atoms with Gasteiger partial charge in [-0.2, -0.15) is 5.10 Å². The number of nitrogens with zero attached hydrogens (tertiary/aromatic N) is 2. The van der Waals surface area contributed by atoms with Gasteiger partial charge in [0.25, 0.3) is 0 Å². The first-order valence-corrected chi connectivity index (χ1v) is 5.54. The lowest BCUT2D eigenvalue weighted by Gasteiger charge is -2.16. The number of Topliss-reactive ketones (excluding diaryl/α,β-unsaturated/α-hetero) is 1. The van der Waals surface area contributed by atoms with Crippen molar-refractivity contribution in [1.82, 2.24) is 9.78 Å². The summed E-state index contributed by atoms with van der Waals surface area (Å²) in [5.41, 5.74) is 0.682. The third-order valence-corrected chi connectivity index (χ3v) is 3.02. The first-order valence-electron chi connectivity index (χ1n) is 4.55. The Morgan fingerprint density at radius 2 is 2.21 bits per heavy atom. The molecule has 3 nitrogen and oxygen atoms in total. The van der Waals surface area contributed by atoms with E-state index in [-0.39, 0.29) is 10.5 Å². The number of hydrogen-bond acceptors (Lipinski definition) is 3. The van der Waals surface area contributed by atoms with Gasteiger partial charge < -0.3 is 0 Å². The lowest BCUT2D eigenvalue weighted by Crippen LogP contribution is -2.15. The van der Waals surface area contributed by atoms with Crippen molar-refractivity contribution in [3.63, 3.8) is 0 Å². The van der Waals surface area contributed by atoms with Crippen molar-refractivity contribution in [2.45, 2.75) is 25.5 Å². The topological polar surface area (TPSA) is 34.9 Å². The molecule has 0 amide bonds. The highest BCUT2D eigenvalue weighted by atomic mass is 32.2. The van der Waals surface area contributed by atoms with Crippen molar-refractivity contribution < 1.29 is 4.79 Å². The molecule has 0 spiro atoms. The van der Waals surface area contributed by atoms with Crippen LogP contribution in [0, 0.1) is 0 Å². The number of thioether (sulfide) groups is 1. The van der Waals surface area contributed by atoms with Gasteiger partial charge in [-0.05, 0) is 6.07 Å². The molecule has 1 aromatic heterocycles. The molecule has 0 bridgehead atoms. The Morgan fingerprint density at radius 1 is 1.57 bits per heavy atom. The summed E-state index contributed by atoms with van der Waals surface area (Å²) in [4.78, 5) is 11.7. The molecule has 4 heteroatoms. The van der Waals surface area contributed by atoms with Gasteiger partial charge in [0.05, 0.1) is 5.75 Å². The molecule has 14 heavy (non-hydrogen) atoms. The van der Waals surface area contributed by atoms with Gasteiger partial charge in [-0.3, -0.25) is 9.48 Å². The Hall–Kier alpha value is -0.770. The maximum atomic E-state index is 11.7. The summed E-state index contributed by atoms with van der Waals surface area (Å²) in [6.45, 7) is 6.32. The van der Waals surface area contributed by atoms with E-state index in [9.17, 15) is 4.79 Å². The Morgan fingerprint density at radius 3 is 2.64 bits per heavy atom. The van der Waals surface area contributed by atoms with Gasteiger partial charge in [-0.1, -0.05) is 20.8 Å². The molecule has 0 radical (unpaired) electrons. The summed E-state index contributed by atoms with van der Waals surface area (Å²) < 4.78 is 1.75. The van der Waals surface area contributed by atoms with Crippen LogP contribution >= 0.6 is 11.8 Å². The quantitative estimate of drug-likeness (QED) is 0.720. The van der Waals surface area contributed by atoms with E-state index in [4.69, 9.17) is 0 Å². The predicted molar refractivity (Wildman–Crippen MR) is 59.7 cm³/mol. The second-order valence-electron chi connectivity index (χ2n) is 4.16. The highest BCUT2D eigenvalue weighted by Gasteiger charge is 2.16. The van der Waals surface area contributed by atoms with Crippen molar-refractivity contribution in [3.8, 4) is 0 Å². The van der Waals surface area contributed by atoms with E-state index in [2.05, 4.69) is 25.9 Å². The fraction of sp³-hybridized carbons (Fsp3) is 0.600. The standard InChI is InChI=1S/C10H16N2OS/c1-10(2,3)14-7-9(13)8-5-6-11-12(8)4/h5-6H,7H2,1-4H3. The predicted octanol–water partition coefficient (Wildman–Crippen LogP) is 2.13. The molecule has 0 aliphatic carbocycles. The Balaban J connectivity index is 2.56. The number of ketones is 1. The third-order valence-electron chi connectivity index (χ3n) is 1.74. The highest BCUT2D eigenvalue weighted by Crippen LogP contribution is 2.23. The summed E-state index contributed by atoms with van der Waals surface area (Å²) in [6, 6.07) is 1.76. The van der Waals surface area contributed by atoms with Crippen LogP contribution in [0.4, 0.5) is 0 Å². The van der Waals surface area contributed by atoms with E-state index in [1.54, 1.807) is 35.8 Å². The van der Waals surface area contributed by atoms with E-state index in [1.807, 2.05) is 0 Å². The smallest absolute Gasteiger partial charge is 0.190 e. The molecular weight excluding hydrogens is 196 g/mol. The zero-order chi connectivity index (χ0) is 10.8. The molecule has 1 rings (SSSR count). The molecule has 0 fully saturated rings. The number of carbonyl (C=O) groups excluding carboxylic acids is 1. The number of aromatic nitrogens is 2. The van der Waals surface area contributed by atoms with Crippen LogP contribution in [0.1, 0.15) is 31.3 Å². The van der Waals surface area contributed by atoms with E-state index in [0.29, 0.717) is 11.4 Å². The van der Waals surface area contributed by atoms with Crippen molar-refractivity contribution in [1.29, 1.82) is 0 Å². The van der Waals surface area contributed by atoms with Crippen LogP contribution in [0.2, 0.25) is 0 Å². The van der Waals surface area contributed by atoms with Gasteiger partial charge in [0.2, 0.25) is 0 Å². The van der Waals surface area contributed by atoms with Crippen LogP contribution in [-0.4, -0.2) is 26.1 Å². The number of rotatable bonds is 3. The molecule has 1 heterocycles. The van der Waals surface area contributed by atoms with Crippen molar-refractivity contribution in [2.24, 2.45) is 7.05 Å². The fourth-order valence-corrected chi connectivity index (χ4v) is 1.72. The summed E-state index contributed by atoms with van der Waals surface area (Å²) in [7, 11) is 1.79. The third kappa shape index (κ3) is 3.18. The molecule has 0 aromatic carbocycles. The lowest BCUT2D eigenvalue weighted by molar-refractivity contribution is 0.101. The van der Waals surface area contributed by atoms with Crippen LogP contribution in [-0.2, 0) is 7.05 Å². The SMILES string of the molecule is Cn1nccc1C(=O)CSC(C)(C)C. The van der Waals surface area contributed by atoms with Gasteiger partial charge in [0, 0.05) is 18.0 Å². The maximum absolute atomic E-state index is 11.7. The highest BCUT2D eigenvalue weighted by molar-refractivity contribution is 8.01. The summed E-state index contributed by atoms with van der Waals surface area (Å²) in [5, 5.41) is 3.97. The minimum Gasteiger partial charge on any atom is -0.292 e. The van der Waals surface area contributed by atoms with Crippen LogP contribution in [0.5, 0.6) is 0 Å². The Kier molecular flexibility index (Phi) is 3.37. The zero-order valence-electron chi connectivity index (χ0n) is 9.07. The second kappa shape index (κ2) is 4.17. The lowest BCUT2D eigenvalue weighted by atomic mass is 10.3. The molecule has 0 aliphatic rings. The number of hydrogen-bond donors (Lipinski definition) is 0. The van der Waals surface area contributed by atoms with E-state index >= 15 is 0 Å². The van der Waals surface area contributed by atoms with Crippen molar-refractivity contribution >= 4 is 17.5 Å². The monoisotopic (exact) mass is 212 g/mol. The normalized spacial score (nSPS) is 11.7. The van der Waals surface area contributed by atoms with E-state index < -0.39 is 0 Å². The Labute approximate surface area is 88.9 Å². The van der Waals surface area contributed by atoms with E-state index in [1.165, 1.54) is 0 Å². The largest absolute Gasteiger partial charge is 0.292 e. The average Bonchev–Trinajstić information content (AvgIpc) is 2.46. The van der Waals surface area contributed by atoms with Gasteiger partial charge in [0.15, 0.2) is 5.78 Å². The minimum absolute atomic E-state index is 0.133. The van der Waals surface area contributed by atoms with Gasteiger partial charge in [-0.25, -0.2) is 0 Å². The molecule has 0 unspecified atom stereocenters. The molecular formula is C10H16N2OS. The van der Waals surface area contributed by atoms with Crippen molar-refractivity contribution in [3.05, 3.63) is 18.0 Å². The molecule has 0 saturated heterocycles. The second-order valence-corrected chi connectivity index (χ2v) is 5.97. The molecule has 0 saturated carbocycles. The summed E-state index contributed by atoms with van der Waals surface area (Å²) in [6.07, 6.45) is 1.65. The molecule has 0 atom stereocenters. The van der Waals surface area contributed by atoms with Crippen LogP contribution in [0.3, 0.4) is 0 Å². The fourth-order valence-electron chi connectivity index (χ4n) is 1.00. The van der Waals surface area contributed by atoms with Crippen LogP contribution in [0.15, 0.2) is 12.3 Å². The maximum Gasteiger partial charge on any atom is 0.190 e. The summed E-state index contributed by atoms with van der Waals surface area (Å²) in [5.74, 6) is 0.660. The van der Waals surface area contributed by atoms with Crippen LogP contribution in [0.25, 0.3) is 0 Å². The Bertz CT molecular complexity index is 325. The van der Waals surface area contributed by atoms with E-state index in [0.717, 1.165) is 0 Å². The summed E-state index contributed by atoms with van der Waals surface area (Å²) >= 11 is 1.66. The molecule has 0 aliphatic heterocycles. The first kappa shape index (κ1) is 11.3. The molecule has 0 N–H and O–H groups in total. The van der Waals surface area contributed by atoms with Gasteiger partial charge in [0.1, 0.15) is 5.69 Å². The molecule has 1 aromatic rings. The minimum atomic E-state index is 0.133. The molecule has 78 valence electrons.